The van der Waals surface area contributed by atoms with Gasteiger partial charge in [-0.3, -0.25) is 0 Å². The van der Waals surface area contributed by atoms with Gasteiger partial charge in [0, 0.05) is 17.6 Å². The Hall–Kier alpha value is -0.570. The highest BCUT2D eigenvalue weighted by atomic mass is 35.5. The molecule has 3 heteroatoms. The van der Waals surface area contributed by atoms with E-state index in [9.17, 15) is 0 Å². The van der Waals surface area contributed by atoms with Gasteiger partial charge in [0.1, 0.15) is 0 Å². The minimum Gasteiger partial charge on any atom is -0.374 e. The van der Waals surface area contributed by atoms with Crippen LogP contribution in [0, 0.1) is 0 Å². The van der Waals surface area contributed by atoms with E-state index in [4.69, 9.17) is 16.3 Å². The maximum Gasteiger partial charge on any atom is 0.0704 e. The van der Waals surface area contributed by atoms with Gasteiger partial charge in [0.15, 0.2) is 0 Å². The fraction of sp³-hybridized carbons (Fsp3) is 0.571. The van der Waals surface area contributed by atoms with E-state index in [1.54, 1.807) is 0 Å². The number of rotatable bonds is 4. The monoisotopic (exact) mass is 253 g/mol. The Morgan fingerprint density at radius 1 is 1.47 bits per heavy atom. The van der Waals surface area contributed by atoms with Gasteiger partial charge < -0.3 is 10.1 Å². The lowest BCUT2D eigenvalue weighted by molar-refractivity contribution is 0.0546. The maximum absolute atomic E-state index is 5.98. The zero-order valence-corrected chi connectivity index (χ0v) is 11.2. The molecule has 1 aromatic rings. The Labute approximate surface area is 108 Å². The molecule has 0 spiro atoms. The van der Waals surface area contributed by atoms with Crippen LogP contribution in [0.4, 0.5) is 0 Å². The maximum atomic E-state index is 5.98. The summed E-state index contributed by atoms with van der Waals surface area (Å²) in [4.78, 5) is 0. The molecule has 0 aromatic heterocycles. The second-order valence-corrected chi connectivity index (χ2v) is 5.27. The summed E-state index contributed by atoms with van der Waals surface area (Å²) < 4.78 is 5.78. The summed E-state index contributed by atoms with van der Waals surface area (Å²) in [6, 6.07) is 8.32. The predicted octanol–water partition coefficient (Wildman–Crippen LogP) is 3.56. The van der Waals surface area contributed by atoms with Crippen molar-refractivity contribution in [3.8, 4) is 0 Å². The quantitative estimate of drug-likeness (QED) is 0.886. The van der Waals surface area contributed by atoms with Crippen LogP contribution < -0.4 is 5.32 Å². The van der Waals surface area contributed by atoms with Crippen molar-refractivity contribution < 1.29 is 4.74 Å². The van der Waals surface area contributed by atoms with Crippen molar-refractivity contribution in [1.29, 1.82) is 0 Å². The van der Waals surface area contributed by atoms with Crippen LogP contribution in [0.3, 0.4) is 0 Å². The van der Waals surface area contributed by atoms with Gasteiger partial charge in [0.2, 0.25) is 0 Å². The highest BCUT2D eigenvalue weighted by Gasteiger charge is 2.21. The molecule has 0 radical (unpaired) electrons. The van der Waals surface area contributed by atoms with E-state index in [-0.39, 0.29) is 0 Å². The Bertz CT molecular complexity index is 369. The third kappa shape index (κ3) is 3.70. The lowest BCUT2D eigenvalue weighted by Crippen LogP contribution is -2.29. The summed E-state index contributed by atoms with van der Waals surface area (Å²) in [5, 5.41) is 4.30. The molecule has 2 unspecified atom stereocenters. The van der Waals surface area contributed by atoms with Crippen molar-refractivity contribution in [3.63, 3.8) is 0 Å². The summed E-state index contributed by atoms with van der Waals surface area (Å²) in [6.45, 7) is 5.21. The van der Waals surface area contributed by atoms with Crippen LogP contribution in [-0.4, -0.2) is 18.8 Å². The summed E-state index contributed by atoms with van der Waals surface area (Å²) >= 11 is 5.98. The average Bonchev–Trinajstić information content (AvgIpc) is 2.72. The summed E-state index contributed by atoms with van der Waals surface area (Å²) in [5.74, 6) is 0. The van der Waals surface area contributed by atoms with Gasteiger partial charge in [-0.25, -0.2) is 0 Å². The van der Waals surface area contributed by atoms with Gasteiger partial charge in [0.25, 0.3) is 0 Å². The van der Waals surface area contributed by atoms with Crippen molar-refractivity contribution >= 4 is 11.6 Å². The summed E-state index contributed by atoms with van der Waals surface area (Å²) in [6.07, 6.45) is 3.13. The van der Waals surface area contributed by atoms with Gasteiger partial charge in [0.05, 0.1) is 12.2 Å². The smallest absolute Gasteiger partial charge is 0.0704 e. The molecule has 1 aliphatic rings. The van der Waals surface area contributed by atoms with E-state index in [0.29, 0.717) is 18.2 Å². The zero-order chi connectivity index (χ0) is 12.3. The molecule has 17 heavy (non-hydrogen) atoms. The molecule has 94 valence electrons. The largest absolute Gasteiger partial charge is 0.374 e. The number of halogens is 1. The van der Waals surface area contributed by atoms with E-state index in [2.05, 4.69) is 25.2 Å². The number of hydrogen-bond acceptors (Lipinski definition) is 2. The predicted molar refractivity (Wildman–Crippen MR) is 71.4 cm³/mol. The lowest BCUT2D eigenvalue weighted by atomic mass is 10.1. The van der Waals surface area contributed by atoms with E-state index in [0.717, 1.165) is 18.0 Å². The van der Waals surface area contributed by atoms with Crippen LogP contribution in [0.25, 0.3) is 0 Å². The van der Waals surface area contributed by atoms with Crippen molar-refractivity contribution in [2.75, 3.05) is 6.54 Å². The molecule has 1 aromatic carbocycles. The SMILES string of the molecule is CC1CCC(CN[C@@H](C)c2cccc(Cl)c2)O1. The highest BCUT2D eigenvalue weighted by molar-refractivity contribution is 6.30. The number of ether oxygens (including phenoxy) is 1. The fourth-order valence-electron chi connectivity index (χ4n) is 2.24. The molecule has 0 amide bonds. The van der Waals surface area contributed by atoms with Crippen molar-refractivity contribution in [3.05, 3.63) is 34.9 Å². The molecule has 1 heterocycles. The van der Waals surface area contributed by atoms with Gasteiger partial charge in [-0.1, -0.05) is 23.7 Å². The van der Waals surface area contributed by atoms with Gasteiger partial charge in [-0.05, 0) is 44.4 Å². The molecular formula is C14H20ClNO. The molecule has 1 saturated heterocycles. The molecule has 0 saturated carbocycles. The van der Waals surface area contributed by atoms with Crippen LogP contribution in [-0.2, 0) is 4.74 Å². The Kier molecular flexibility index (Phi) is 4.43. The van der Waals surface area contributed by atoms with Crippen LogP contribution in [0.2, 0.25) is 5.02 Å². The fourth-order valence-corrected chi connectivity index (χ4v) is 2.44. The second kappa shape index (κ2) is 5.85. The van der Waals surface area contributed by atoms with Crippen molar-refractivity contribution in [1.82, 2.24) is 5.32 Å². The Morgan fingerprint density at radius 2 is 2.29 bits per heavy atom. The number of hydrogen-bond donors (Lipinski definition) is 1. The van der Waals surface area contributed by atoms with E-state index in [1.807, 2.05) is 18.2 Å². The molecule has 2 nitrogen and oxygen atoms in total. The molecular weight excluding hydrogens is 234 g/mol. The van der Waals surface area contributed by atoms with Crippen LogP contribution >= 0.6 is 11.6 Å². The minimum atomic E-state index is 0.313. The standard InChI is InChI=1S/C14H20ClNO/c1-10-6-7-14(17-10)9-16-11(2)12-4-3-5-13(15)8-12/h3-5,8,10-11,14,16H,6-7,9H2,1-2H3/t10?,11-,14?/m0/s1. The van der Waals surface area contributed by atoms with Gasteiger partial charge in [-0.2, -0.15) is 0 Å². The topological polar surface area (TPSA) is 21.3 Å². The van der Waals surface area contributed by atoms with Crippen molar-refractivity contribution in [2.24, 2.45) is 0 Å². The van der Waals surface area contributed by atoms with Crippen molar-refractivity contribution in [2.45, 2.75) is 44.9 Å². The summed E-state index contributed by atoms with van der Waals surface area (Å²) in [7, 11) is 0. The normalized spacial score (nSPS) is 26.1. The first kappa shape index (κ1) is 12.9. The third-order valence-electron chi connectivity index (χ3n) is 3.32. The first-order valence-corrected chi connectivity index (χ1v) is 6.67. The number of nitrogens with one attached hydrogen (secondary N) is 1. The molecule has 0 aliphatic carbocycles. The number of benzene rings is 1. The van der Waals surface area contributed by atoms with E-state index >= 15 is 0 Å². The lowest BCUT2D eigenvalue weighted by Gasteiger charge is -2.18. The second-order valence-electron chi connectivity index (χ2n) is 4.83. The van der Waals surface area contributed by atoms with Crippen LogP contribution in [0.5, 0.6) is 0 Å². The average molecular weight is 254 g/mol. The highest BCUT2D eigenvalue weighted by Crippen LogP contribution is 2.20. The minimum absolute atomic E-state index is 0.313. The zero-order valence-electron chi connectivity index (χ0n) is 10.4. The van der Waals surface area contributed by atoms with E-state index in [1.165, 1.54) is 12.0 Å². The first-order chi connectivity index (χ1) is 8.15. The summed E-state index contributed by atoms with van der Waals surface area (Å²) in [5.41, 5.74) is 1.23. The molecule has 1 N–H and O–H groups in total. The molecule has 0 bridgehead atoms. The molecule has 1 aliphatic heterocycles. The molecule has 3 atom stereocenters. The van der Waals surface area contributed by atoms with Gasteiger partial charge >= 0.3 is 0 Å². The molecule has 2 rings (SSSR count). The van der Waals surface area contributed by atoms with Crippen LogP contribution in [0.1, 0.15) is 38.3 Å². The van der Waals surface area contributed by atoms with Crippen LogP contribution in [0.15, 0.2) is 24.3 Å². The first-order valence-electron chi connectivity index (χ1n) is 6.29. The third-order valence-corrected chi connectivity index (χ3v) is 3.56. The Morgan fingerprint density at radius 3 is 2.94 bits per heavy atom. The van der Waals surface area contributed by atoms with Gasteiger partial charge in [-0.15, -0.1) is 0 Å². The molecule has 1 fully saturated rings. The van der Waals surface area contributed by atoms with E-state index < -0.39 is 0 Å². The Balaban J connectivity index is 1.83.